The fourth-order valence-electron chi connectivity index (χ4n) is 1.88. The third-order valence-electron chi connectivity index (χ3n) is 2.92. The molecule has 21 heavy (non-hydrogen) atoms. The van der Waals surface area contributed by atoms with Crippen LogP contribution in [-0.4, -0.2) is 22.8 Å². The first-order valence-corrected chi connectivity index (χ1v) is 6.22. The van der Waals surface area contributed by atoms with Crippen molar-refractivity contribution >= 4 is 5.84 Å². The third-order valence-corrected chi connectivity index (χ3v) is 2.92. The highest BCUT2D eigenvalue weighted by atomic mass is 16.7. The largest absolute Gasteiger partial charge is 0.473 e. The highest BCUT2D eigenvalue weighted by Crippen LogP contribution is 2.32. The zero-order chi connectivity index (χ0) is 14.7. The maximum atomic E-state index is 8.63. The molecule has 1 aromatic carbocycles. The summed E-state index contributed by atoms with van der Waals surface area (Å²) in [6.45, 7) is 0.562. The van der Waals surface area contributed by atoms with Crippen LogP contribution in [0.4, 0.5) is 0 Å². The van der Waals surface area contributed by atoms with E-state index in [-0.39, 0.29) is 12.6 Å². The number of oxime groups is 1. The van der Waals surface area contributed by atoms with E-state index in [4.69, 9.17) is 25.2 Å². The van der Waals surface area contributed by atoms with Gasteiger partial charge in [-0.1, -0.05) is 17.3 Å². The molecule has 1 aromatic heterocycles. The van der Waals surface area contributed by atoms with E-state index in [1.165, 1.54) is 0 Å². The van der Waals surface area contributed by atoms with Gasteiger partial charge in [0.05, 0.1) is 0 Å². The van der Waals surface area contributed by atoms with E-state index >= 15 is 0 Å². The number of pyridine rings is 1. The van der Waals surface area contributed by atoms with Gasteiger partial charge in [0.2, 0.25) is 12.7 Å². The fraction of sp³-hybridized carbons (Fsp3) is 0.143. The van der Waals surface area contributed by atoms with Gasteiger partial charge in [0.1, 0.15) is 12.3 Å². The maximum Gasteiger partial charge on any atom is 0.231 e. The van der Waals surface area contributed by atoms with Gasteiger partial charge >= 0.3 is 0 Å². The van der Waals surface area contributed by atoms with Crippen LogP contribution in [0.2, 0.25) is 0 Å². The van der Waals surface area contributed by atoms with Crippen molar-refractivity contribution in [3.63, 3.8) is 0 Å². The van der Waals surface area contributed by atoms with E-state index in [9.17, 15) is 0 Å². The summed E-state index contributed by atoms with van der Waals surface area (Å²) in [6.07, 6.45) is 0. The van der Waals surface area contributed by atoms with Crippen molar-refractivity contribution in [2.45, 2.75) is 6.61 Å². The smallest absolute Gasteiger partial charge is 0.231 e. The summed E-state index contributed by atoms with van der Waals surface area (Å²) >= 11 is 0. The lowest BCUT2D eigenvalue weighted by Crippen LogP contribution is -2.15. The number of nitrogens with two attached hydrogens (primary N) is 1. The molecule has 3 N–H and O–H groups in total. The summed E-state index contributed by atoms with van der Waals surface area (Å²) in [4.78, 5) is 4.14. The van der Waals surface area contributed by atoms with Crippen molar-refractivity contribution in [1.29, 1.82) is 0 Å². The van der Waals surface area contributed by atoms with Crippen LogP contribution in [0.5, 0.6) is 17.4 Å². The number of aromatic nitrogens is 1. The molecule has 0 aliphatic carbocycles. The lowest BCUT2D eigenvalue weighted by Gasteiger charge is -2.07. The first kappa shape index (κ1) is 13.0. The van der Waals surface area contributed by atoms with E-state index < -0.39 is 0 Å². The van der Waals surface area contributed by atoms with Gasteiger partial charge in [-0.25, -0.2) is 4.98 Å². The molecule has 0 amide bonds. The molecule has 1 aliphatic heterocycles. The van der Waals surface area contributed by atoms with Crippen molar-refractivity contribution in [3.05, 3.63) is 47.7 Å². The number of nitrogens with zero attached hydrogens (tertiary/aromatic N) is 2. The van der Waals surface area contributed by atoms with Gasteiger partial charge in [-0.3, -0.25) is 0 Å². The molecular weight excluding hydrogens is 274 g/mol. The molecule has 0 saturated carbocycles. The van der Waals surface area contributed by atoms with Crippen molar-refractivity contribution in [1.82, 2.24) is 4.98 Å². The van der Waals surface area contributed by atoms with Gasteiger partial charge in [0.15, 0.2) is 17.3 Å². The van der Waals surface area contributed by atoms with Crippen LogP contribution >= 0.6 is 0 Å². The number of amidine groups is 1. The minimum atomic E-state index is -0.0662. The maximum absolute atomic E-state index is 8.63. The van der Waals surface area contributed by atoms with Crippen molar-refractivity contribution in [2.75, 3.05) is 6.79 Å². The zero-order valence-electron chi connectivity index (χ0n) is 11.0. The number of fused-ring (bicyclic) bond motifs is 1. The van der Waals surface area contributed by atoms with Gasteiger partial charge in [-0.05, 0) is 23.8 Å². The average Bonchev–Trinajstić information content (AvgIpc) is 3.00. The van der Waals surface area contributed by atoms with Crippen LogP contribution in [0.25, 0.3) is 0 Å². The molecule has 7 heteroatoms. The number of rotatable bonds is 4. The summed E-state index contributed by atoms with van der Waals surface area (Å²) in [5, 5.41) is 11.5. The van der Waals surface area contributed by atoms with Gasteiger partial charge in [-0.15, -0.1) is 0 Å². The monoisotopic (exact) mass is 287 g/mol. The third kappa shape index (κ3) is 2.81. The molecule has 3 rings (SSSR count). The summed E-state index contributed by atoms with van der Waals surface area (Å²) < 4.78 is 16.1. The predicted molar refractivity (Wildman–Crippen MR) is 73.6 cm³/mol. The molecule has 0 bridgehead atoms. The van der Waals surface area contributed by atoms with Crippen molar-refractivity contribution < 1.29 is 19.4 Å². The summed E-state index contributed by atoms with van der Waals surface area (Å²) in [7, 11) is 0. The molecule has 0 fully saturated rings. The van der Waals surface area contributed by atoms with Crippen LogP contribution in [0.1, 0.15) is 11.3 Å². The average molecular weight is 287 g/mol. The van der Waals surface area contributed by atoms with Gasteiger partial charge in [-0.2, -0.15) is 0 Å². The Bertz CT molecular complexity index is 688. The highest BCUT2D eigenvalue weighted by molar-refractivity contribution is 5.95. The first-order valence-electron chi connectivity index (χ1n) is 6.22. The van der Waals surface area contributed by atoms with Crippen LogP contribution in [0.3, 0.4) is 0 Å². The molecule has 108 valence electrons. The second-order valence-electron chi connectivity index (χ2n) is 4.32. The number of ether oxygens (including phenoxy) is 3. The molecule has 2 aromatic rings. The Balaban J connectivity index is 1.70. The molecule has 0 radical (unpaired) electrons. The Hall–Kier alpha value is -2.96. The van der Waals surface area contributed by atoms with E-state index in [0.29, 0.717) is 23.9 Å². The molecule has 7 nitrogen and oxygen atoms in total. The zero-order valence-corrected chi connectivity index (χ0v) is 11.0. The molecule has 0 atom stereocenters. The Morgan fingerprint density at radius 1 is 1.29 bits per heavy atom. The Kier molecular flexibility index (Phi) is 3.46. The van der Waals surface area contributed by atoms with Crippen molar-refractivity contribution in [3.8, 4) is 17.4 Å². The topological polar surface area (TPSA) is 99.2 Å². The highest BCUT2D eigenvalue weighted by Gasteiger charge is 2.13. The van der Waals surface area contributed by atoms with Crippen LogP contribution in [0.15, 0.2) is 41.6 Å². The number of hydrogen-bond acceptors (Lipinski definition) is 6. The van der Waals surface area contributed by atoms with Crippen LogP contribution in [-0.2, 0) is 6.61 Å². The van der Waals surface area contributed by atoms with Crippen LogP contribution in [0, 0.1) is 0 Å². The lowest BCUT2D eigenvalue weighted by atomic mass is 10.2. The predicted octanol–water partition coefficient (Wildman–Crippen LogP) is 1.48. The minimum Gasteiger partial charge on any atom is -0.473 e. The summed E-state index contributed by atoms with van der Waals surface area (Å²) in [5.41, 5.74) is 6.76. The Labute approximate surface area is 120 Å². The van der Waals surface area contributed by atoms with Gasteiger partial charge in [0, 0.05) is 6.07 Å². The standard InChI is InChI=1S/C14H13N3O4/c15-14(17-18)10-2-1-3-13(16-10)19-7-9-4-5-11-12(6-9)21-8-20-11/h1-6,18H,7-8H2,(H2,15,17). The van der Waals surface area contributed by atoms with Crippen LogP contribution < -0.4 is 19.9 Å². The van der Waals surface area contributed by atoms with Gasteiger partial charge in [0.25, 0.3) is 0 Å². The normalized spacial score (nSPS) is 13.2. The summed E-state index contributed by atoms with van der Waals surface area (Å²) in [6, 6.07) is 10.6. The van der Waals surface area contributed by atoms with E-state index in [2.05, 4.69) is 10.1 Å². The second-order valence-corrected chi connectivity index (χ2v) is 4.32. The molecular formula is C14H13N3O4. The molecule has 0 spiro atoms. The molecule has 1 aliphatic rings. The molecule has 2 heterocycles. The molecule has 0 unspecified atom stereocenters. The first-order chi connectivity index (χ1) is 10.3. The number of benzene rings is 1. The van der Waals surface area contributed by atoms with E-state index in [0.717, 1.165) is 11.3 Å². The molecule has 0 saturated heterocycles. The Morgan fingerprint density at radius 2 is 2.14 bits per heavy atom. The lowest BCUT2D eigenvalue weighted by molar-refractivity contribution is 0.174. The minimum absolute atomic E-state index is 0.0662. The van der Waals surface area contributed by atoms with E-state index in [1.54, 1.807) is 18.2 Å². The van der Waals surface area contributed by atoms with Gasteiger partial charge < -0.3 is 25.2 Å². The quantitative estimate of drug-likeness (QED) is 0.382. The number of hydrogen-bond donors (Lipinski definition) is 2. The van der Waals surface area contributed by atoms with E-state index in [1.807, 2.05) is 18.2 Å². The van der Waals surface area contributed by atoms with Crippen molar-refractivity contribution in [2.24, 2.45) is 10.9 Å². The summed E-state index contributed by atoms with van der Waals surface area (Å²) in [5.74, 6) is 1.75. The SMILES string of the molecule is NC(=NO)c1cccc(OCc2ccc3c(c2)OCO3)n1. The Morgan fingerprint density at radius 3 is 3.00 bits per heavy atom. The fourth-order valence-corrected chi connectivity index (χ4v) is 1.88. The second kappa shape index (κ2) is 5.58.